The van der Waals surface area contributed by atoms with E-state index in [1.807, 2.05) is 37.3 Å². The molecule has 0 radical (unpaired) electrons. The van der Waals surface area contributed by atoms with Crippen LogP contribution < -0.4 is 5.46 Å². The number of rotatable bonds is 4. The summed E-state index contributed by atoms with van der Waals surface area (Å²) in [6, 6.07) is 16.4. The highest BCUT2D eigenvalue weighted by Crippen LogP contribution is 2.39. The number of aliphatic hydroxyl groups is 1. The van der Waals surface area contributed by atoms with E-state index in [1.54, 1.807) is 0 Å². The van der Waals surface area contributed by atoms with Gasteiger partial charge >= 0.3 is 7.12 Å². The third kappa shape index (κ3) is 3.32. The summed E-state index contributed by atoms with van der Waals surface area (Å²) < 4.78 is 12.3. The molecule has 1 aliphatic carbocycles. The molecule has 148 valence electrons. The van der Waals surface area contributed by atoms with Gasteiger partial charge < -0.3 is 14.4 Å². The highest BCUT2D eigenvalue weighted by Gasteiger charge is 2.51. The molecule has 0 spiro atoms. The van der Waals surface area contributed by atoms with Crippen molar-refractivity contribution >= 4 is 12.6 Å². The molecule has 2 aromatic carbocycles. The minimum absolute atomic E-state index is 0.357. The fraction of sp³-hybridized carbons (Fsp3) is 0.500. The van der Waals surface area contributed by atoms with Gasteiger partial charge in [0.25, 0.3) is 0 Å². The first-order chi connectivity index (χ1) is 13.1. The van der Waals surface area contributed by atoms with Crippen molar-refractivity contribution in [2.45, 2.75) is 76.6 Å². The second-order valence-electron chi connectivity index (χ2n) is 9.54. The van der Waals surface area contributed by atoms with Crippen molar-refractivity contribution in [2.24, 2.45) is 0 Å². The minimum atomic E-state index is -1.03. The molecule has 2 aliphatic rings. The SMILES string of the molecule is CC(O)(c1ccc(B2OC(C)(C)C(C)(C)O2)cc1)c1cccc(C2CCC2)c1. The number of hydrogen-bond donors (Lipinski definition) is 1. The van der Waals surface area contributed by atoms with Crippen molar-refractivity contribution in [3.63, 3.8) is 0 Å². The average Bonchev–Trinajstić information content (AvgIpc) is 2.81. The van der Waals surface area contributed by atoms with E-state index in [0.717, 1.165) is 16.6 Å². The molecule has 1 saturated carbocycles. The van der Waals surface area contributed by atoms with Crippen molar-refractivity contribution in [1.29, 1.82) is 0 Å². The summed E-state index contributed by atoms with van der Waals surface area (Å²) in [5.41, 5.74) is 2.39. The molecule has 0 amide bonds. The quantitative estimate of drug-likeness (QED) is 0.796. The fourth-order valence-electron chi connectivity index (χ4n) is 3.95. The lowest BCUT2D eigenvalue weighted by Crippen LogP contribution is -2.41. The molecule has 1 atom stereocenters. The maximum absolute atomic E-state index is 11.3. The van der Waals surface area contributed by atoms with Gasteiger partial charge in [-0.1, -0.05) is 55.0 Å². The molecule has 4 rings (SSSR count). The minimum Gasteiger partial charge on any atom is -0.399 e. The lowest BCUT2D eigenvalue weighted by molar-refractivity contribution is 0.00578. The van der Waals surface area contributed by atoms with Gasteiger partial charge in [0.2, 0.25) is 0 Å². The standard InChI is InChI=1S/C24H31BO3/c1-22(2)23(3,4)28-25(27-22)21-14-12-19(13-15-21)24(5,26)20-11-7-10-18(16-20)17-8-6-9-17/h7,10-17,26H,6,8-9H2,1-5H3. The largest absolute Gasteiger partial charge is 0.494 e. The molecule has 2 aromatic rings. The molecule has 0 aromatic heterocycles. The second kappa shape index (κ2) is 6.72. The Hall–Kier alpha value is -1.62. The van der Waals surface area contributed by atoms with Crippen LogP contribution in [0.25, 0.3) is 0 Å². The molecule has 0 bridgehead atoms. The van der Waals surface area contributed by atoms with Crippen molar-refractivity contribution < 1.29 is 14.4 Å². The van der Waals surface area contributed by atoms with Crippen LogP contribution in [0.15, 0.2) is 48.5 Å². The van der Waals surface area contributed by atoms with E-state index in [9.17, 15) is 5.11 Å². The summed E-state index contributed by atoms with van der Waals surface area (Å²) in [5.74, 6) is 0.654. The maximum Gasteiger partial charge on any atom is 0.494 e. The van der Waals surface area contributed by atoms with Crippen LogP contribution in [0, 0.1) is 0 Å². The molecule has 1 heterocycles. The van der Waals surface area contributed by atoms with Gasteiger partial charge in [0.05, 0.1) is 11.2 Å². The Balaban J connectivity index is 1.56. The van der Waals surface area contributed by atoms with Gasteiger partial charge in [0.1, 0.15) is 5.60 Å². The van der Waals surface area contributed by atoms with Gasteiger partial charge in [-0.2, -0.15) is 0 Å². The van der Waals surface area contributed by atoms with Crippen molar-refractivity contribution in [1.82, 2.24) is 0 Å². The first kappa shape index (κ1) is 19.7. The molecule has 4 heteroatoms. The Bertz CT molecular complexity index is 834. The van der Waals surface area contributed by atoms with Crippen LogP contribution in [0.4, 0.5) is 0 Å². The molecule has 1 aliphatic heterocycles. The van der Waals surface area contributed by atoms with Crippen LogP contribution in [0.2, 0.25) is 0 Å². The zero-order valence-corrected chi connectivity index (χ0v) is 17.7. The Kier molecular flexibility index (Phi) is 4.73. The Labute approximate surface area is 169 Å². The van der Waals surface area contributed by atoms with Crippen LogP contribution in [0.1, 0.15) is 76.5 Å². The summed E-state index contributed by atoms with van der Waals surface area (Å²) in [6.07, 6.45) is 3.83. The lowest BCUT2D eigenvalue weighted by Gasteiger charge is -2.32. The van der Waals surface area contributed by atoms with Crippen LogP contribution in [-0.4, -0.2) is 23.4 Å². The molecule has 2 fully saturated rings. The van der Waals surface area contributed by atoms with Crippen molar-refractivity contribution in [2.75, 3.05) is 0 Å². The summed E-state index contributed by atoms with van der Waals surface area (Å²) in [5, 5.41) is 11.3. The molecule has 28 heavy (non-hydrogen) atoms. The van der Waals surface area contributed by atoms with Crippen LogP contribution in [0.3, 0.4) is 0 Å². The molecule has 3 nitrogen and oxygen atoms in total. The Morgan fingerprint density at radius 1 is 0.929 bits per heavy atom. The molecule has 1 saturated heterocycles. The Morgan fingerprint density at radius 3 is 2.07 bits per heavy atom. The van der Waals surface area contributed by atoms with Crippen molar-refractivity contribution in [3.05, 3.63) is 65.2 Å². The summed E-state index contributed by atoms with van der Waals surface area (Å²) in [7, 11) is -0.383. The van der Waals surface area contributed by atoms with Crippen LogP contribution >= 0.6 is 0 Å². The monoisotopic (exact) mass is 378 g/mol. The summed E-state index contributed by atoms with van der Waals surface area (Å²) in [6.45, 7) is 10.1. The van der Waals surface area contributed by atoms with E-state index < -0.39 is 5.60 Å². The lowest BCUT2D eigenvalue weighted by atomic mass is 9.76. The van der Waals surface area contributed by atoms with E-state index >= 15 is 0 Å². The van der Waals surface area contributed by atoms with E-state index in [2.05, 4.69) is 45.9 Å². The molecular formula is C24H31BO3. The highest BCUT2D eigenvalue weighted by atomic mass is 16.7. The topological polar surface area (TPSA) is 38.7 Å². The normalized spacial score (nSPS) is 23.3. The van der Waals surface area contributed by atoms with E-state index in [1.165, 1.54) is 24.8 Å². The van der Waals surface area contributed by atoms with Crippen LogP contribution in [0.5, 0.6) is 0 Å². The van der Waals surface area contributed by atoms with Gasteiger partial charge in [-0.15, -0.1) is 0 Å². The van der Waals surface area contributed by atoms with Gasteiger partial charge in [0, 0.05) is 0 Å². The average molecular weight is 378 g/mol. The molecule has 1 N–H and O–H groups in total. The smallest absolute Gasteiger partial charge is 0.399 e. The Morgan fingerprint density at radius 2 is 1.54 bits per heavy atom. The van der Waals surface area contributed by atoms with E-state index in [-0.39, 0.29) is 18.3 Å². The molecular weight excluding hydrogens is 347 g/mol. The zero-order chi connectivity index (χ0) is 20.2. The van der Waals surface area contributed by atoms with Crippen LogP contribution in [-0.2, 0) is 14.9 Å². The first-order valence-electron chi connectivity index (χ1n) is 10.4. The first-order valence-corrected chi connectivity index (χ1v) is 10.4. The number of benzene rings is 2. The van der Waals surface area contributed by atoms with Gasteiger partial charge in [0.15, 0.2) is 0 Å². The summed E-state index contributed by atoms with van der Waals surface area (Å²) in [4.78, 5) is 0. The maximum atomic E-state index is 11.3. The highest BCUT2D eigenvalue weighted by molar-refractivity contribution is 6.62. The number of hydrogen-bond acceptors (Lipinski definition) is 3. The third-order valence-corrected chi connectivity index (χ3v) is 7.02. The van der Waals surface area contributed by atoms with Gasteiger partial charge in [-0.25, -0.2) is 0 Å². The van der Waals surface area contributed by atoms with Gasteiger partial charge in [-0.05, 0) is 75.5 Å². The van der Waals surface area contributed by atoms with Gasteiger partial charge in [-0.3, -0.25) is 0 Å². The fourth-order valence-corrected chi connectivity index (χ4v) is 3.95. The zero-order valence-electron chi connectivity index (χ0n) is 17.7. The van der Waals surface area contributed by atoms with E-state index in [4.69, 9.17) is 9.31 Å². The molecule has 1 unspecified atom stereocenters. The predicted molar refractivity (Wildman–Crippen MR) is 114 cm³/mol. The summed E-state index contributed by atoms with van der Waals surface area (Å²) >= 11 is 0. The third-order valence-electron chi connectivity index (χ3n) is 7.02. The van der Waals surface area contributed by atoms with E-state index in [0.29, 0.717) is 5.92 Å². The second-order valence-corrected chi connectivity index (χ2v) is 9.54. The predicted octanol–water partition coefficient (Wildman–Crippen LogP) is 4.51. The van der Waals surface area contributed by atoms with Crippen molar-refractivity contribution in [3.8, 4) is 0 Å².